The second kappa shape index (κ2) is 28.5. The SMILES string of the molecule is [CH2]C(O)NC(C)C.[CH2]NC(C)CC.[CH2]NCCC(=N)CCC.[CH2]NCCN1CCCCC1. The number of hydrogen-bond acceptors (Lipinski definition) is 7. The van der Waals surface area contributed by atoms with E-state index in [1.54, 1.807) is 0 Å². The summed E-state index contributed by atoms with van der Waals surface area (Å²) in [7, 11) is 10.6. The molecule has 2 atom stereocenters. The number of rotatable bonds is 12. The van der Waals surface area contributed by atoms with Crippen molar-refractivity contribution in [3.8, 4) is 0 Å². The van der Waals surface area contributed by atoms with E-state index in [0.717, 1.165) is 44.5 Å². The van der Waals surface area contributed by atoms with Crippen molar-refractivity contribution in [2.24, 2.45) is 0 Å². The van der Waals surface area contributed by atoms with Gasteiger partial charge in [0.15, 0.2) is 0 Å². The van der Waals surface area contributed by atoms with Gasteiger partial charge >= 0.3 is 0 Å². The molecule has 32 heavy (non-hydrogen) atoms. The summed E-state index contributed by atoms with van der Waals surface area (Å²) < 4.78 is 0. The molecule has 2 unspecified atom stereocenters. The molecule has 7 heteroatoms. The van der Waals surface area contributed by atoms with Crippen molar-refractivity contribution in [1.29, 1.82) is 5.41 Å². The summed E-state index contributed by atoms with van der Waals surface area (Å²) in [6.45, 7) is 19.2. The Hall–Kier alpha value is -0.570. The van der Waals surface area contributed by atoms with E-state index in [-0.39, 0.29) is 0 Å². The van der Waals surface area contributed by atoms with Crippen molar-refractivity contribution in [2.75, 3.05) is 32.7 Å². The monoisotopic (exact) mass is 456 g/mol. The highest BCUT2D eigenvalue weighted by Crippen LogP contribution is 2.06. The van der Waals surface area contributed by atoms with Crippen LogP contribution in [0.5, 0.6) is 0 Å². The first-order valence-corrected chi connectivity index (χ1v) is 12.3. The zero-order chi connectivity index (χ0) is 25.2. The molecule has 0 aromatic heterocycles. The van der Waals surface area contributed by atoms with Crippen LogP contribution in [0.1, 0.15) is 79.6 Å². The van der Waals surface area contributed by atoms with Crippen LogP contribution in [0.4, 0.5) is 0 Å². The molecule has 1 fully saturated rings. The van der Waals surface area contributed by atoms with Crippen LogP contribution in [-0.4, -0.2) is 66.8 Å². The number of piperidine rings is 1. The van der Waals surface area contributed by atoms with Crippen LogP contribution in [0.3, 0.4) is 0 Å². The molecule has 7 nitrogen and oxygen atoms in total. The maximum Gasteiger partial charge on any atom is 0.105 e. The highest BCUT2D eigenvalue weighted by molar-refractivity contribution is 5.81. The second-order valence-corrected chi connectivity index (χ2v) is 8.36. The lowest BCUT2D eigenvalue weighted by Crippen LogP contribution is -2.34. The zero-order valence-corrected chi connectivity index (χ0v) is 21.9. The fraction of sp³-hybridized carbons (Fsp3) is 0.800. The Morgan fingerprint density at radius 3 is 1.84 bits per heavy atom. The van der Waals surface area contributed by atoms with Crippen LogP contribution in [0.25, 0.3) is 0 Å². The second-order valence-electron chi connectivity index (χ2n) is 8.36. The minimum absolute atomic E-state index is 0.312. The molecule has 1 heterocycles. The molecule has 1 aliphatic rings. The largest absolute Gasteiger partial charge is 0.379 e. The molecule has 1 rings (SSSR count). The normalized spacial score (nSPS) is 15.3. The lowest BCUT2D eigenvalue weighted by molar-refractivity contribution is 0.171. The van der Waals surface area contributed by atoms with Gasteiger partial charge in [0, 0.05) is 58.6 Å². The summed E-state index contributed by atoms with van der Waals surface area (Å²) in [6.07, 6.45) is 7.58. The van der Waals surface area contributed by atoms with Gasteiger partial charge in [-0.2, -0.15) is 0 Å². The van der Waals surface area contributed by atoms with Crippen molar-refractivity contribution >= 4 is 5.71 Å². The molecule has 4 radical (unpaired) electrons. The van der Waals surface area contributed by atoms with Crippen molar-refractivity contribution in [1.82, 2.24) is 26.2 Å². The quantitative estimate of drug-likeness (QED) is 0.198. The van der Waals surface area contributed by atoms with Gasteiger partial charge < -0.3 is 31.4 Å². The Balaban J connectivity index is -0.000000358. The van der Waals surface area contributed by atoms with Crippen LogP contribution in [0.2, 0.25) is 0 Å². The molecule has 1 saturated heterocycles. The third-order valence-electron chi connectivity index (χ3n) is 4.70. The fourth-order valence-electron chi connectivity index (χ4n) is 2.62. The average Bonchev–Trinajstić information content (AvgIpc) is 2.77. The summed E-state index contributed by atoms with van der Waals surface area (Å²) in [5, 5.41) is 27.1. The Bertz CT molecular complexity index is 350. The molecular weight excluding hydrogens is 400 g/mol. The van der Waals surface area contributed by atoms with Gasteiger partial charge in [-0.15, -0.1) is 0 Å². The summed E-state index contributed by atoms with van der Waals surface area (Å²) in [6, 6.07) is 0.887. The minimum Gasteiger partial charge on any atom is -0.379 e. The van der Waals surface area contributed by atoms with E-state index in [0.29, 0.717) is 12.1 Å². The first-order valence-electron chi connectivity index (χ1n) is 12.3. The Labute approximate surface area is 201 Å². The van der Waals surface area contributed by atoms with E-state index < -0.39 is 6.23 Å². The number of nitrogens with zero attached hydrogens (tertiary/aromatic N) is 1. The van der Waals surface area contributed by atoms with Crippen molar-refractivity contribution in [3.63, 3.8) is 0 Å². The summed E-state index contributed by atoms with van der Waals surface area (Å²) in [4.78, 5) is 2.50. The predicted octanol–water partition coefficient (Wildman–Crippen LogP) is 3.73. The fourth-order valence-corrected chi connectivity index (χ4v) is 2.62. The molecule has 0 spiro atoms. The van der Waals surface area contributed by atoms with Crippen LogP contribution in [0, 0.1) is 33.5 Å². The predicted molar refractivity (Wildman–Crippen MR) is 142 cm³/mol. The minimum atomic E-state index is -0.625. The van der Waals surface area contributed by atoms with E-state index in [9.17, 15) is 0 Å². The maximum atomic E-state index is 8.50. The molecular formula is C25H56N6O. The van der Waals surface area contributed by atoms with Crippen LogP contribution in [-0.2, 0) is 0 Å². The summed E-state index contributed by atoms with van der Waals surface area (Å²) in [5.41, 5.74) is 0.827. The van der Waals surface area contributed by atoms with Gasteiger partial charge in [0.1, 0.15) is 6.23 Å². The summed E-state index contributed by atoms with van der Waals surface area (Å²) >= 11 is 0. The van der Waals surface area contributed by atoms with Crippen molar-refractivity contribution in [2.45, 2.75) is 97.9 Å². The molecule has 0 amide bonds. The number of aliphatic hydroxyl groups is 1. The van der Waals surface area contributed by atoms with Crippen LogP contribution in [0.15, 0.2) is 0 Å². The van der Waals surface area contributed by atoms with E-state index in [2.05, 4.69) is 75.0 Å². The van der Waals surface area contributed by atoms with Crippen molar-refractivity contribution < 1.29 is 5.11 Å². The standard InChI is InChI=1S/C8H17N2.C7H15N2.C5H12NO.C5H12N/c1-9-5-8-10-6-3-2-4-7-10;1-3-4-7(8)5-6-9-2;1-4(2)6-5(3)7;1-4-5(2)6-3/h9H,1-8H2;8-9H,2-6H2,1H3;4-7H,3H2,1-2H3;5-6H,3-4H2,1-2H3. The molecule has 6 N–H and O–H groups in total. The third-order valence-corrected chi connectivity index (χ3v) is 4.70. The van der Waals surface area contributed by atoms with Gasteiger partial charge in [0.05, 0.1) is 0 Å². The topological polar surface area (TPSA) is 95.4 Å². The zero-order valence-electron chi connectivity index (χ0n) is 21.9. The molecule has 1 aliphatic heterocycles. The number of nitrogens with one attached hydrogen (secondary N) is 5. The van der Waals surface area contributed by atoms with Crippen molar-refractivity contribution in [3.05, 3.63) is 28.1 Å². The van der Waals surface area contributed by atoms with E-state index in [1.165, 1.54) is 38.9 Å². The first-order chi connectivity index (χ1) is 15.2. The summed E-state index contributed by atoms with van der Waals surface area (Å²) in [5.74, 6) is 0. The number of aliphatic hydroxyl groups excluding tert-OH is 1. The Morgan fingerprint density at radius 1 is 0.969 bits per heavy atom. The van der Waals surface area contributed by atoms with Gasteiger partial charge in [-0.3, -0.25) is 5.32 Å². The highest BCUT2D eigenvalue weighted by atomic mass is 16.3. The smallest absolute Gasteiger partial charge is 0.105 e. The Kier molecular flexibility index (Phi) is 32.0. The van der Waals surface area contributed by atoms with Gasteiger partial charge in [0.2, 0.25) is 0 Å². The highest BCUT2D eigenvalue weighted by Gasteiger charge is 2.07. The first kappa shape index (κ1) is 36.0. The van der Waals surface area contributed by atoms with Gasteiger partial charge in [-0.25, -0.2) is 0 Å². The van der Waals surface area contributed by atoms with Crippen LogP contribution < -0.4 is 21.3 Å². The van der Waals surface area contributed by atoms with E-state index >= 15 is 0 Å². The number of likely N-dealkylation sites (tertiary alicyclic amines) is 1. The molecule has 0 aromatic carbocycles. The lowest BCUT2D eigenvalue weighted by Gasteiger charge is -2.25. The molecule has 192 valence electrons. The van der Waals surface area contributed by atoms with Gasteiger partial charge in [-0.1, -0.05) is 26.7 Å². The Morgan fingerprint density at radius 2 is 1.53 bits per heavy atom. The van der Waals surface area contributed by atoms with E-state index in [4.69, 9.17) is 10.5 Å². The number of hydrogen-bond donors (Lipinski definition) is 6. The average molecular weight is 457 g/mol. The molecule has 0 aromatic rings. The van der Waals surface area contributed by atoms with Crippen LogP contribution >= 0.6 is 0 Å². The molecule has 0 bridgehead atoms. The molecule has 0 aliphatic carbocycles. The van der Waals surface area contributed by atoms with Gasteiger partial charge in [-0.05, 0) is 72.9 Å². The van der Waals surface area contributed by atoms with E-state index in [1.807, 2.05) is 13.8 Å². The maximum absolute atomic E-state index is 8.50. The van der Waals surface area contributed by atoms with Gasteiger partial charge in [0.25, 0.3) is 0 Å². The lowest BCUT2D eigenvalue weighted by atomic mass is 10.1. The molecule has 0 saturated carbocycles. The third kappa shape index (κ3) is 34.1.